The van der Waals surface area contributed by atoms with Crippen LogP contribution in [0.15, 0.2) is 41.0 Å². The topological polar surface area (TPSA) is 63.9 Å². The number of rotatable bonds is 7. The lowest BCUT2D eigenvalue weighted by Crippen LogP contribution is -2.40. The van der Waals surface area contributed by atoms with E-state index >= 15 is 0 Å². The van der Waals surface area contributed by atoms with Gasteiger partial charge in [0, 0.05) is 18.2 Å². The van der Waals surface area contributed by atoms with Crippen LogP contribution in [-0.2, 0) is 0 Å². The Morgan fingerprint density at radius 2 is 1.85 bits per heavy atom. The second-order valence-corrected chi connectivity index (χ2v) is 6.44. The maximum absolute atomic E-state index is 12.7. The first-order valence-corrected chi connectivity index (χ1v) is 9.00. The molecule has 6 heteroatoms. The molecule has 0 saturated carbocycles. The Kier molecular flexibility index (Phi) is 6.17. The molecule has 1 aliphatic rings. The third kappa shape index (κ3) is 4.38. The van der Waals surface area contributed by atoms with Crippen LogP contribution in [-0.4, -0.2) is 44.7 Å². The summed E-state index contributed by atoms with van der Waals surface area (Å²) in [5.41, 5.74) is 0.512. The van der Waals surface area contributed by atoms with Gasteiger partial charge in [-0.1, -0.05) is 6.42 Å². The van der Waals surface area contributed by atoms with Crippen molar-refractivity contribution in [2.24, 2.45) is 0 Å². The molecule has 1 N–H and O–H groups in total. The molecule has 1 aromatic heterocycles. The van der Waals surface area contributed by atoms with E-state index in [1.165, 1.54) is 19.3 Å². The van der Waals surface area contributed by atoms with Gasteiger partial charge >= 0.3 is 0 Å². The highest BCUT2D eigenvalue weighted by Gasteiger charge is 2.25. The molecule has 1 fully saturated rings. The fourth-order valence-electron chi connectivity index (χ4n) is 3.35. The summed E-state index contributed by atoms with van der Waals surface area (Å²) >= 11 is 0. The normalized spacial score (nSPS) is 16.1. The van der Waals surface area contributed by atoms with Gasteiger partial charge in [-0.05, 0) is 50.2 Å². The molecule has 0 aliphatic carbocycles. The third-order valence-electron chi connectivity index (χ3n) is 4.77. The van der Waals surface area contributed by atoms with E-state index in [0.717, 1.165) is 18.8 Å². The molecule has 1 unspecified atom stereocenters. The average molecular weight is 358 g/mol. The van der Waals surface area contributed by atoms with E-state index in [2.05, 4.69) is 10.2 Å². The number of piperidine rings is 1. The molecule has 26 heavy (non-hydrogen) atoms. The Labute approximate surface area is 154 Å². The fourth-order valence-corrected chi connectivity index (χ4v) is 3.35. The van der Waals surface area contributed by atoms with Gasteiger partial charge in [-0.15, -0.1) is 0 Å². The fraction of sp³-hybridized carbons (Fsp3) is 0.450. The maximum atomic E-state index is 12.7. The van der Waals surface area contributed by atoms with Crippen LogP contribution in [0.4, 0.5) is 0 Å². The van der Waals surface area contributed by atoms with Crippen LogP contribution in [0.3, 0.4) is 0 Å². The largest absolute Gasteiger partial charge is 0.497 e. The highest BCUT2D eigenvalue weighted by atomic mass is 16.5. The lowest BCUT2D eigenvalue weighted by Gasteiger charge is -2.33. The number of methoxy groups -OCH3 is 2. The summed E-state index contributed by atoms with van der Waals surface area (Å²) in [4.78, 5) is 15.1. The predicted octanol–water partition coefficient (Wildman–Crippen LogP) is 3.25. The Hall–Kier alpha value is -2.47. The minimum atomic E-state index is -0.157. The number of amides is 1. The molecule has 1 atom stereocenters. The van der Waals surface area contributed by atoms with Crippen LogP contribution in [0.2, 0.25) is 0 Å². The second-order valence-electron chi connectivity index (χ2n) is 6.44. The quantitative estimate of drug-likeness (QED) is 0.823. The summed E-state index contributed by atoms with van der Waals surface area (Å²) in [7, 11) is 3.14. The van der Waals surface area contributed by atoms with Crippen molar-refractivity contribution in [1.29, 1.82) is 0 Å². The maximum Gasteiger partial charge on any atom is 0.251 e. The monoisotopic (exact) mass is 358 g/mol. The van der Waals surface area contributed by atoms with Crippen molar-refractivity contribution in [3.8, 4) is 11.5 Å². The number of carbonyl (C=O) groups is 1. The van der Waals surface area contributed by atoms with Crippen LogP contribution in [0.25, 0.3) is 0 Å². The lowest BCUT2D eigenvalue weighted by molar-refractivity contribution is 0.0913. The highest BCUT2D eigenvalue weighted by Crippen LogP contribution is 2.25. The van der Waals surface area contributed by atoms with Gasteiger partial charge in [0.1, 0.15) is 17.3 Å². The molecule has 1 amide bonds. The number of hydrogen-bond donors (Lipinski definition) is 1. The standard InChI is InChI=1S/C20H26N2O4/c1-24-16-11-15(12-17(13-16)25-2)20(23)21-14-18(19-7-6-10-26-19)22-8-4-3-5-9-22/h6-7,10-13,18H,3-5,8-9,14H2,1-2H3,(H,21,23). The van der Waals surface area contributed by atoms with E-state index in [1.807, 2.05) is 12.1 Å². The highest BCUT2D eigenvalue weighted by molar-refractivity contribution is 5.95. The first kappa shape index (κ1) is 18.3. The Morgan fingerprint density at radius 1 is 1.15 bits per heavy atom. The Balaban J connectivity index is 1.71. The van der Waals surface area contributed by atoms with Gasteiger partial charge in [0.15, 0.2) is 0 Å². The number of benzene rings is 1. The summed E-state index contributed by atoms with van der Waals surface area (Å²) in [5, 5.41) is 3.04. The van der Waals surface area contributed by atoms with E-state index in [0.29, 0.717) is 23.6 Å². The molecule has 3 rings (SSSR count). The van der Waals surface area contributed by atoms with Crippen LogP contribution in [0.1, 0.15) is 41.4 Å². The van der Waals surface area contributed by atoms with Gasteiger partial charge in [0.05, 0.1) is 26.5 Å². The summed E-state index contributed by atoms with van der Waals surface area (Å²) in [6.45, 7) is 2.54. The molecule has 2 aromatic rings. The number of nitrogens with one attached hydrogen (secondary N) is 1. The van der Waals surface area contributed by atoms with Gasteiger partial charge in [-0.3, -0.25) is 9.69 Å². The van der Waals surface area contributed by atoms with Gasteiger partial charge in [-0.25, -0.2) is 0 Å². The Morgan fingerprint density at radius 3 is 2.42 bits per heavy atom. The van der Waals surface area contributed by atoms with Crippen LogP contribution < -0.4 is 14.8 Å². The van der Waals surface area contributed by atoms with E-state index in [1.54, 1.807) is 38.7 Å². The minimum absolute atomic E-state index is 0.0433. The van der Waals surface area contributed by atoms with E-state index < -0.39 is 0 Å². The zero-order valence-corrected chi connectivity index (χ0v) is 15.4. The number of furan rings is 1. The smallest absolute Gasteiger partial charge is 0.251 e. The van der Waals surface area contributed by atoms with E-state index in [-0.39, 0.29) is 11.9 Å². The molecular weight excluding hydrogens is 332 g/mol. The summed E-state index contributed by atoms with van der Waals surface area (Å²) in [6.07, 6.45) is 5.30. The molecule has 0 bridgehead atoms. The van der Waals surface area contributed by atoms with Crippen molar-refractivity contribution in [1.82, 2.24) is 10.2 Å². The van der Waals surface area contributed by atoms with E-state index in [9.17, 15) is 4.79 Å². The number of carbonyl (C=O) groups excluding carboxylic acids is 1. The second kappa shape index (κ2) is 8.76. The van der Waals surface area contributed by atoms with Crippen molar-refractivity contribution >= 4 is 5.91 Å². The first-order chi connectivity index (χ1) is 12.7. The molecule has 1 saturated heterocycles. The summed E-state index contributed by atoms with van der Waals surface area (Å²) in [5.74, 6) is 1.91. The van der Waals surface area contributed by atoms with Crippen molar-refractivity contribution in [3.63, 3.8) is 0 Å². The van der Waals surface area contributed by atoms with Gasteiger partial charge in [0.2, 0.25) is 0 Å². The zero-order chi connectivity index (χ0) is 18.4. The number of hydrogen-bond acceptors (Lipinski definition) is 5. The predicted molar refractivity (Wildman–Crippen MR) is 98.8 cm³/mol. The molecule has 2 heterocycles. The SMILES string of the molecule is COc1cc(OC)cc(C(=O)NCC(c2ccco2)N2CCCCC2)c1. The van der Waals surface area contributed by atoms with Crippen LogP contribution in [0.5, 0.6) is 11.5 Å². The lowest BCUT2D eigenvalue weighted by atomic mass is 10.1. The Bertz CT molecular complexity index is 686. The minimum Gasteiger partial charge on any atom is -0.497 e. The molecule has 1 aromatic carbocycles. The summed E-state index contributed by atoms with van der Waals surface area (Å²) < 4.78 is 16.1. The van der Waals surface area contributed by atoms with Crippen molar-refractivity contribution < 1.29 is 18.7 Å². The van der Waals surface area contributed by atoms with Crippen molar-refractivity contribution in [3.05, 3.63) is 47.9 Å². The average Bonchev–Trinajstić information content (AvgIpc) is 3.22. The molecule has 0 radical (unpaired) electrons. The number of ether oxygens (including phenoxy) is 2. The number of nitrogens with zero attached hydrogens (tertiary/aromatic N) is 1. The van der Waals surface area contributed by atoms with Gasteiger partial charge < -0.3 is 19.2 Å². The molecule has 0 spiro atoms. The molecule has 6 nitrogen and oxygen atoms in total. The number of likely N-dealkylation sites (tertiary alicyclic amines) is 1. The van der Waals surface area contributed by atoms with Crippen molar-refractivity contribution in [2.75, 3.05) is 33.9 Å². The van der Waals surface area contributed by atoms with Crippen molar-refractivity contribution in [2.45, 2.75) is 25.3 Å². The zero-order valence-electron chi connectivity index (χ0n) is 15.4. The van der Waals surface area contributed by atoms with Gasteiger partial charge in [0.25, 0.3) is 5.91 Å². The van der Waals surface area contributed by atoms with Crippen LogP contribution >= 0.6 is 0 Å². The molecular formula is C20H26N2O4. The van der Waals surface area contributed by atoms with Gasteiger partial charge in [-0.2, -0.15) is 0 Å². The molecule has 140 valence electrons. The summed E-state index contributed by atoms with van der Waals surface area (Å²) in [6, 6.07) is 9.07. The van der Waals surface area contributed by atoms with Crippen LogP contribution in [0, 0.1) is 0 Å². The first-order valence-electron chi connectivity index (χ1n) is 9.00. The third-order valence-corrected chi connectivity index (χ3v) is 4.77. The molecule has 1 aliphatic heterocycles. The van der Waals surface area contributed by atoms with E-state index in [4.69, 9.17) is 13.9 Å².